The van der Waals surface area contributed by atoms with Crippen molar-refractivity contribution in [2.45, 2.75) is 129 Å². The Morgan fingerprint density at radius 3 is 1.28 bits per heavy atom. The first-order valence-corrected chi connectivity index (χ1v) is 15.0. The molecule has 0 rings (SSSR count). The van der Waals surface area contributed by atoms with E-state index >= 15 is 0 Å². The van der Waals surface area contributed by atoms with Gasteiger partial charge in [-0.1, -0.05) is 110 Å². The van der Waals surface area contributed by atoms with Gasteiger partial charge in [0.25, 0.3) is 0 Å². The van der Waals surface area contributed by atoms with Crippen LogP contribution in [0.25, 0.3) is 0 Å². The first kappa shape index (κ1) is 34.7. The summed E-state index contributed by atoms with van der Waals surface area (Å²) in [6.45, 7) is 7.72. The van der Waals surface area contributed by atoms with Crippen LogP contribution < -0.4 is 12.4 Å². The van der Waals surface area contributed by atoms with Gasteiger partial charge in [-0.25, -0.2) is 0 Å². The molecule has 32 heavy (non-hydrogen) atoms. The number of nitrogens with zero attached hydrogens (tertiary/aromatic N) is 1. The Balaban J connectivity index is 0. The molecule has 0 atom stereocenters. The molecule has 0 spiro atoms. The van der Waals surface area contributed by atoms with Crippen molar-refractivity contribution in [3.05, 3.63) is 0 Å². The van der Waals surface area contributed by atoms with Crippen LogP contribution in [0.1, 0.15) is 129 Å². The van der Waals surface area contributed by atoms with E-state index in [1.54, 1.807) is 0 Å². The van der Waals surface area contributed by atoms with E-state index in [0.717, 1.165) is 30.0 Å². The Hall–Kier alpha value is 0.520. The zero-order valence-corrected chi connectivity index (χ0v) is 23.4. The van der Waals surface area contributed by atoms with Crippen LogP contribution in [0.5, 0.6) is 0 Å². The van der Waals surface area contributed by atoms with E-state index in [-0.39, 0.29) is 25.6 Å². The average Bonchev–Trinajstić information content (AvgIpc) is 2.77. The van der Waals surface area contributed by atoms with E-state index < -0.39 is 0 Å². The molecule has 0 aliphatic heterocycles. The summed E-state index contributed by atoms with van der Waals surface area (Å²) in [5.41, 5.74) is 0. The fraction of sp³-hybridized carbons (Fsp3) is 1.00. The summed E-state index contributed by atoms with van der Waals surface area (Å²) in [5.74, 6) is 2.28. The number of rotatable bonds is 26. The lowest BCUT2D eigenvalue weighted by molar-refractivity contribution is -0.917. The number of aliphatic hydroxyl groups excluding tert-OH is 2. The first-order chi connectivity index (χ1) is 15.2. The second-order valence-electron chi connectivity index (χ2n) is 9.65. The highest BCUT2D eigenvalue weighted by Crippen LogP contribution is 2.19. The maximum absolute atomic E-state index is 9.64. The number of hydrogen-bond acceptors (Lipinski definition) is 3. The van der Waals surface area contributed by atoms with Crippen molar-refractivity contribution < 1.29 is 27.1 Å². The predicted octanol–water partition coefficient (Wildman–Crippen LogP) is 4.54. The molecule has 196 valence electrons. The number of hydrogen-bond donors (Lipinski definition) is 2. The molecule has 0 heterocycles. The quantitative estimate of drug-likeness (QED) is 0.105. The van der Waals surface area contributed by atoms with Crippen molar-refractivity contribution in [3.8, 4) is 0 Å². The highest BCUT2D eigenvalue weighted by atomic mass is 35.5. The second kappa shape index (κ2) is 27.8. The molecule has 0 saturated carbocycles. The maximum atomic E-state index is 9.64. The molecular formula is C27H58ClNO2S. The molecule has 0 saturated heterocycles. The molecule has 0 aromatic heterocycles. The molecule has 0 aliphatic carbocycles. The van der Waals surface area contributed by atoms with Crippen molar-refractivity contribution in [2.75, 3.05) is 44.5 Å². The fourth-order valence-electron chi connectivity index (χ4n) is 4.48. The first-order valence-electron chi connectivity index (χ1n) is 13.9. The standard InChI is InChI=1S/C27H58NO2S.ClH/c1-3-5-7-9-11-13-14-15-17-19-21-28(22-24-29,23-25-30)27-31-26-20-18-16-12-10-8-6-4-2;/h29-30H,3-27H2,1-2H3;1H/q+1;/p-1. The van der Waals surface area contributed by atoms with Crippen LogP contribution in [0.4, 0.5) is 0 Å². The molecule has 2 N–H and O–H groups in total. The van der Waals surface area contributed by atoms with Crippen LogP contribution in [-0.2, 0) is 0 Å². The summed E-state index contributed by atoms with van der Waals surface area (Å²) in [4.78, 5) is 0. The van der Waals surface area contributed by atoms with Gasteiger partial charge in [0.15, 0.2) is 0 Å². The van der Waals surface area contributed by atoms with E-state index in [2.05, 4.69) is 13.8 Å². The minimum Gasteiger partial charge on any atom is -1.00 e. The third-order valence-electron chi connectivity index (χ3n) is 6.64. The van der Waals surface area contributed by atoms with Crippen molar-refractivity contribution in [1.29, 1.82) is 0 Å². The molecule has 0 bridgehead atoms. The molecule has 0 fully saturated rings. The van der Waals surface area contributed by atoms with Gasteiger partial charge in [-0.2, -0.15) is 0 Å². The lowest BCUT2D eigenvalue weighted by Gasteiger charge is -2.37. The van der Waals surface area contributed by atoms with Gasteiger partial charge in [-0.3, -0.25) is 0 Å². The normalized spacial score (nSPS) is 11.6. The van der Waals surface area contributed by atoms with Crippen molar-refractivity contribution in [2.24, 2.45) is 0 Å². The summed E-state index contributed by atoms with van der Waals surface area (Å²) in [5, 5.41) is 19.3. The van der Waals surface area contributed by atoms with Crippen LogP contribution in [0, 0.1) is 0 Å². The van der Waals surface area contributed by atoms with E-state index in [0.29, 0.717) is 0 Å². The van der Waals surface area contributed by atoms with Gasteiger partial charge in [-0.05, 0) is 25.0 Å². The lowest BCUT2D eigenvalue weighted by Crippen LogP contribution is -3.00. The Kier molecular flexibility index (Phi) is 30.1. The van der Waals surface area contributed by atoms with Crippen molar-refractivity contribution in [3.63, 3.8) is 0 Å². The van der Waals surface area contributed by atoms with Crippen LogP contribution in [-0.4, -0.2) is 59.2 Å². The van der Waals surface area contributed by atoms with Crippen LogP contribution in [0.3, 0.4) is 0 Å². The fourth-order valence-corrected chi connectivity index (χ4v) is 5.80. The highest BCUT2D eigenvalue weighted by molar-refractivity contribution is 7.99. The summed E-state index contributed by atoms with van der Waals surface area (Å²) in [6.07, 6.45) is 24.6. The Morgan fingerprint density at radius 1 is 0.500 bits per heavy atom. The number of thioether (sulfide) groups is 1. The topological polar surface area (TPSA) is 40.5 Å². The Morgan fingerprint density at radius 2 is 0.875 bits per heavy atom. The van der Waals surface area contributed by atoms with Crippen molar-refractivity contribution in [1.82, 2.24) is 0 Å². The minimum atomic E-state index is 0. The molecule has 0 aromatic carbocycles. The Labute approximate surface area is 212 Å². The molecule has 3 nitrogen and oxygen atoms in total. The second-order valence-corrected chi connectivity index (χ2v) is 10.7. The van der Waals surface area contributed by atoms with Gasteiger partial charge >= 0.3 is 0 Å². The molecule has 0 radical (unpaired) electrons. The van der Waals surface area contributed by atoms with Crippen LogP contribution in [0.2, 0.25) is 0 Å². The smallest absolute Gasteiger partial charge is 0.125 e. The minimum absolute atomic E-state index is 0. The summed E-state index contributed by atoms with van der Waals surface area (Å²) >= 11 is 2.04. The molecule has 0 aromatic rings. The maximum Gasteiger partial charge on any atom is 0.125 e. The molecule has 0 amide bonds. The van der Waals surface area contributed by atoms with Gasteiger partial charge < -0.3 is 27.1 Å². The van der Waals surface area contributed by atoms with Crippen LogP contribution >= 0.6 is 11.8 Å². The monoisotopic (exact) mass is 495 g/mol. The van der Waals surface area contributed by atoms with Gasteiger partial charge in [0.1, 0.15) is 19.0 Å². The van der Waals surface area contributed by atoms with Gasteiger partial charge in [0.05, 0.1) is 19.8 Å². The van der Waals surface area contributed by atoms with Gasteiger partial charge in [0, 0.05) is 0 Å². The Bertz CT molecular complexity index is 316. The third-order valence-corrected chi connectivity index (χ3v) is 7.95. The molecule has 5 heteroatoms. The summed E-state index contributed by atoms with van der Waals surface area (Å²) < 4.78 is 0.895. The number of aliphatic hydroxyl groups is 2. The van der Waals surface area contributed by atoms with E-state index in [1.807, 2.05) is 11.8 Å². The zero-order chi connectivity index (χ0) is 22.9. The SMILES string of the molecule is CCCCCCCCCCCC[N+](CCO)(CCO)CSCCCCCCCCCC.[Cl-]. The number of halogens is 1. The highest BCUT2D eigenvalue weighted by Gasteiger charge is 2.25. The van der Waals surface area contributed by atoms with Crippen LogP contribution in [0.15, 0.2) is 0 Å². The number of unbranched alkanes of at least 4 members (excludes halogenated alkanes) is 16. The van der Waals surface area contributed by atoms with E-state index in [9.17, 15) is 10.2 Å². The zero-order valence-electron chi connectivity index (χ0n) is 21.8. The molecular weight excluding hydrogens is 438 g/mol. The summed E-state index contributed by atoms with van der Waals surface area (Å²) in [7, 11) is 0. The van der Waals surface area contributed by atoms with Gasteiger partial charge in [-0.15, -0.1) is 11.8 Å². The number of quaternary nitrogens is 1. The molecule has 0 aliphatic rings. The lowest BCUT2D eigenvalue weighted by atomic mass is 10.1. The largest absolute Gasteiger partial charge is 1.00 e. The molecule has 0 unspecified atom stereocenters. The van der Waals surface area contributed by atoms with Gasteiger partial charge in [0.2, 0.25) is 0 Å². The van der Waals surface area contributed by atoms with E-state index in [4.69, 9.17) is 0 Å². The predicted molar refractivity (Wildman–Crippen MR) is 141 cm³/mol. The van der Waals surface area contributed by atoms with Crippen molar-refractivity contribution >= 4 is 11.8 Å². The third kappa shape index (κ3) is 22.3. The summed E-state index contributed by atoms with van der Waals surface area (Å²) in [6, 6.07) is 0. The average molecular weight is 496 g/mol. The van der Waals surface area contributed by atoms with E-state index in [1.165, 1.54) is 121 Å².